The van der Waals surface area contributed by atoms with Gasteiger partial charge in [-0.05, 0) is 49.3 Å². The summed E-state index contributed by atoms with van der Waals surface area (Å²) in [5, 5.41) is 3.01. The molecule has 1 aliphatic heterocycles. The maximum atomic E-state index is 12.6. The Labute approximate surface area is 161 Å². The normalized spacial score (nSPS) is 21.1. The van der Waals surface area contributed by atoms with Crippen molar-refractivity contribution >= 4 is 15.9 Å². The van der Waals surface area contributed by atoms with Gasteiger partial charge in [-0.1, -0.05) is 24.3 Å². The van der Waals surface area contributed by atoms with Crippen LogP contribution in [0, 0.1) is 5.92 Å². The monoisotopic (exact) mass is 392 g/mol. The van der Waals surface area contributed by atoms with E-state index in [1.165, 1.54) is 4.31 Å². The van der Waals surface area contributed by atoms with E-state index in [1.807, 2.05) is 0 Å². The van der Waals surface area contributed by atoms with Gasteiger partial charge in [-0.3, -0.25) is 4.79 Å². The minimum absolute atomic E-state index is 0.0505. The average molecular weight is 393 g/mol. The van der Waals surface area contributed by atoms with Gasteiger partial charge in [-0.25, -0.2) is 8.42 Å². The molecule has 2 aliphatic rings. The van der Waals surface area contributed by atoms with Crippen molar-refractivity contribution in [3.8, 4) is 0 Å². The van der Waals surface area contributed by atoms with Gasteiger partial charge in [0.05, 0.1) is 18.1 Å². The van der Waals surface area contributed by atoms with Gasteiger partial charge in [0.25, 0.3) is 0 Å². The molecule has 7 heteroatoms. The van der Waals surface area contributed by atoms with Crippen LogP contribution in [0.4, 0.5) is 0 Å². The molecule has 1 heterocycles. The topological polar surface area (TPSA) is 75.7 Å². The molecule has 1 aromatic rings. The standard InChI is InChI=1S/C20H28N2O4S/c23-20(21-16-18-4-2-1-3-5-18)11-8-17-6-9-19(10-7-17)27(24,25)22-12-14-26-15-13-22/h1-2,6-7,9-10,18H,3-5,8,11-16H2,(H,21,23). The first kappa shape index (κ1) is 20.0. The number of rotatable bonds is 7. The summed E-state index contributed by atoms with van der Waals surface area (Å²) in [6.45, 7) is 2.38. The molecule has 1 N–H and O–H groups in total. The van der Waals surface area contributed by atoms with E-state index in [0.717, 1.165) is 31.4 Å². The zero-order chi connectivity index (χ0) is 19.1. The van der Waals surface area contributed by atoms with Crippen LogP contribution in [-0.4, -0.2) is 51.5 Å². The molecule has 1 atom stereocenters. The lowest BCUT2D eigenvalue weighted by Gasteiger charge is -2.26. The third-order valence-electron chi connectivity index (χ3n) is 5.14. The molecule has 1 aromatic carbocycles. The van der Waals surface area contributed by atoms with Crippen molar-refractivity contribution in [2.75, 3.05) is 32.8 Å². The van der Waals surface area contributed by atoms with Crippen LogP contribution in [0.2, 0.25) is 0 Å². The van der Waals surface area contributed by atoms with Crippen LogP contribution in [0.3, 0.4) is 0 Å². The minimum atomic E-state index is -3.46. The highest BCUT2D eigenvalue weighted by atomic mass is 32.2. The van der Waals surface area contributed by atoms with Gasteiger partial charge >= 0.3 is 0 Å². The van der Waals surface area contributed by atoms with Crippen LogP contribution in [-0.2, 0) is 26.0 Å². The van der Waals surface area contributed by atoms with Crippen molar-refractivity contribution < 1.29 is 17.9 Å². The number of amides is 1. The first-order valence-electron chi connectivity index (χ1n) is 9.64. The van der Waals surface area contributed by atoms with Crippen molar-refractivity contribution in [3.63, 3.8) is 0 Å². The molecule has 0 aromatic heterocycles. The SMILES string of the molecule is O=C(CCc1ccc(S(=O)(=O)N2CCOCC2)cc1)NCC1CC=CCC1. The zero-order valence-electron chi connectivity index (χ0n) is 15.6. The number of benzene rings is 1. The molecule has 148 valence electrons. The predicted molar refractivity (Wildman–Crippen MR) is 104 cm³/mol. The number of sulfonamides is 1. The molecular formula is C20H28N2O4S. The largest absolute Gasteiger partial charge is 0.379 e. The molecule has 0 bridgehead atoms. The minimum Gasteiger partial charge on any atom is -0.379 e. The lowest BCUT2D eigenvalue weighted by molar-refractivity contribution is -0.121. The molecule has 1 fully saturated rings. The van der Waals surface area contributed by atoms with E-state index in [0.29, 0.717) is 50.0 Å². The highest BCUT2D eigenvalue weighted by Gasteiger charge is 2.26. The number of carbonyl (C=O) groups excluding carboxylic acids is 1. The Kier molecular flexibility index (Phi) is 7.04. The smallest absolute Gasteiger partial charge is 0.243 e. The summed E-state index contributed by atoms with van der Waals surface area (Å²) in [6, 6.07) is 6.86. The Morgan fingerprint density at radius 2 is 1.89 bits per heavy atom. The van der Waals surface area contributed by atoms with E-state index in [4.69, 9.17) is 4.74 Å². The van der Waals surface area contributed by atoms with E-state index >= 15 is 0 Å². The zero-order valence-corrected chi connectivity index (χ0v) is 16.4. The second kappa shape index (κ2) is 9.48. The fraction of sp³-hybridized carbons (Fsp3) is 0.550. The number of nitrogens with one attached hydrogen (secondary N) is 1. The number of aryl methyl sites for hydroxylation is 1. The predicted octanol–water partition coefficient (Wildman–Crippen LogP) is 2.11. The van der Waals surface area contributed by atoms with Crippen LogP contribution in [0.1, 0.15) is 31.2 Å². The fourth-order valence-electron chi connectivity index (χ4n) is 3.41. The Morgan fingerprint density at radius 1 is 1.15 bits per heavy atom. The average Bonchev–Trinajstić information content (AvgIpc) is 2.72. The van der Waals surface area contributed by atoms with E-state index < -0.39 is 10.0 Å². The molecule has 0 saturated carbocycles. The van der Waals surface area contributed by atoms with Crippen LogP contribution in [0.5, 0.6) is 0 Å². The highest BCUT2D eigenvalue weighted by molar-refractivity contribution is 7.89. The summed E-state index contributed by atoms with van der Waals surface area (Å²) in [5.74, 6) is 0.596. The molecule has 1 aliphatic carbocycles. The second-order valence-electron chi connectivity index (χ2n) is 7.11. The number of hydrogen-bond acceptors (Lipinski definition) is 4. The van der Waals surface area contributed by atoms with E-state index in [2.05, 4.69) is 17.5 Å². The fourth-order valence-corrected chi connectivity index (χ4v) is 4.82. The summed E-state index contributed by atoms with van der Waals surface area (Å²) >= 11 is 0. The molecule has 1 unspecified atom stereocenters. The van der Waals surface area contributed by atoms with Crippen LogP contribution >= 0.6 is 0 Å². The van der Waals surface area contributed by atoms with Gasteiger partial charge < -0.3 is 10.1 Å². The summed E-state index contributed by atoms with van der Waals surface area (Å²) in [7, 11) is -3.46. The van der Waals surface area contributed by atoms with Crippen LogP contribution < -0.4 is 5.32 Å². The Hall–Kier alpha value is -1.70. The lowest BCUT2D eigenvalue weighted by atomic mass is 9.94. The Balaban J connectivity index is 1.47. The van der Waals surface area contributed by atoms with Crippen molar-refractivity contribution in [3.05, 3.63) is 42.0 Å². The number of hydrogen-bond donors (Lipinski definition) is 1. The lowest BCUT2D eigenvalue weighted by Crippen LogP contribution is -2.40. The summed E-state index contributed by atoms with van der Waals surface area (Å²) in [5.41, 5.74) is 0.965. The third-order valence-corrected chi connectivity index (χ3v) is 7.05. The van der Waals surface area contributed by atoms with E-state index in [-0.39, 0.29) is 5.91 Å². The first-order chi connectivity index (χ1) is 13.1. The molecular weight excluding hydrogens is 364 g/mol. The molecule has 6 nitrogen and oxygen atoms in total. The van der Waals surface area contributed by atoms with Crippen molar-refractivity contribution in [1.29, 1.82) is 0 Å². The molecule has 1 amide bonds. The maximum Gasteiger partial charge on any atom is 0.243 e. The van der Waals surface area contributed by atoms with Gasteiger partial charge in [0.2, 0.25) is 15.9 Å². The van der Waals surface area contributed by atoms with Gasteiger partial charge in [0, 0.05) is 26.1 Å². The summed E-state index contributed by atoms with van der Waals surface area (Å²) in [6.07, 6.45) is 8.68. The quantitative estimate of drug-likeness (QED) is 0.721. The molecule has 0 spiro atoms. The van der Waals surface area contributed by atoms with Gasteiger partial charge in [0.1, 0.15) is 0 Å². The van der Waals surface area contributed by atoms with E-state index in [1.54, 1.807) is 24.3 Å². The van der Waals surface area contributed by atoms with Gasteiger partial charge in [-0.2, -0.15) is 4.31 Å². The highest BCUT2D eigenvalue weighted by Crippen LogP contribution is 2.19. The van der Waals surface area contributed by atoms with Crippen LogP contribution in [0.25, 0.3) is 0 Å². The molecule has 27 heavy (non-hydrogen) atoms. The first-order valence-corrected chi connectivity index (χ1v) is 11.1. The van der Waals surface area contributed by atoms with Gasteiger partial charge in [-0.15, -0.1) is 0 Å². The number of ether oxygens (including phenoxy) is 1. The molecule has 0 radical (unpaired) electrons. The number of allylic oxidation sites excluding steroid dienone is 2. The number of carbonyl (C=O) groups is 1. The maximum absolute atomic E-state index is 12.6. The summed E-state index contributed by atoms with van der Waals surface area (Å²) < 4.78 is 31.9. The molecule has 3 rings (SSSR count). The number of nitrogens with zero attached hydrogens (tertiary/aromatic N) is 1. The third kappa shape index (κ3) is 5.64. The second-order valence-corrected chi connectivity index (χ2v) is 9.05. The van der Waals surface area contributed by atoms with E-state index in [9.17, 15) is 13.2 Å². The number of morpholine rings is 1. The van der Waals surface area contributed by atoms with Crippen molar-refractivity contribution in [1.82, 2.24) is 9.62 Å². The molecule has 1 saturated heterocycles. The van der Waals surface area contributed by atoms with Gasteiger partial charge in [0.15, 0.2) is 0 Å². The van der Waals surface area contributed by atoms with Crippen LogP contribution in [0.15, 0.2) is 41.3 Å². The summed E-state index contributed by atoms with van der Waals surface area (Å²) in [4.78, 5) is 12.3. The Morgan fingerprint density at radius 3 is 2.56 bits per heavy atom. The van der Waals surface area contributed by atoms with Crippen molar-refractivity contribution in [2.45, 2.75) is 37.0 Å². The van der Waals surface area contributed by atoms with Crippen molar-refractivity contribution in [2.24, 2.45) is 5.92 Å². The Bertz CT molecular complexity index is 753.